The first-order valence-electron chi connectivity index (χ1n) is 23.3. The third kappa shape index (κ3) is 7.64. The second-order valence-corrected chi connectivity index (χ2v) is 17.3. The molecule has 12 aromatic rings. The molecule has 0 fully saturated rings. The maximum atomic E-state index is 2.47. The summed E-state index contributed by atoms with van der Waals surface area (Å²) in [5, 5.41) is 2.46. The Hall–Kier alpha value is -8.98. The lowest BCUT2D eigenvalue weighted by molar-refractivity contribution is 1.18. The lowest BCUT2D eigenvalue weighted by atomic mass is 9.97. The first-order chi connectivity index (χ1) is 33.7. The summed E-state index contributed by atoms with van der Waals surface area (Å²) in [7, 11) is 0. The topological polar surface area (TPSA) is 8.17 Å². The minimum Gasteiger partial charge on any atom is -0.310 e. The van der Waals surface area contributed by atoms with E-state index in [1.807, 2.05) is 0 Å². The fraction of sp³-hybridized carbons (Fsp3) is 0. The van der Waals surface area contributed by atoms with Gasteiger partial charge < -0.3 is 9.47 Å². The van der Waals surface area contributed by atoms with Crippen molar-refractivity contribution in [2.24, 2.45) is 0 Å². The van der Waals surface area contributed by atoms with Crippen LogP contribution in [0.3, 0.4) is 0 Å². The van der Waals surface area contributed by atoms with Gasteiger partial charge in [-0.1, -0.05) is 231 Å². The molecule has 0 bridgehead atoms. The molecule has 0 aliphatic rings. The monoisotopic (exact) mass is 866 g/mol. The van der Waals surface area contributed by atoms with Crippen LogP contribution < -0.4 is 4.90 Å². The van der Waals surface area contributed by atoms with Gasteiger partial charge >= 0.3 is 0 Å². The predicted molar refractivity (Wildman–Crippen MR) is 288 cm³/mol. The van der Waals surface area contributed by atoms with E-state index in [-0.39, 0.29) is 0 Å². The average molecular weight is 867 g/mol. The zero-order valence-corrected chi connectivity index (χ0v) is 37.5. The van der Waals surface area contributed by atoms with E-state index in [2.05, 4.69) is 289 Å². The Morgan fingerprint density at radius 2 is 0.618 bits per heavy atom. The summed E-state index contributed by atoms with van der Waals surface area (Å²) >= 11 is 0. The maximum absolute atomic E-state index is 2.47. The zero-order chi connectivity index (χ0) is 45.2. The number of aromatic nitrogens is 1. The van der Waals surface area contributed by atoms with Gasteiger partial charge in [0.15, 0.2) is 0 Å². The van der Waals surface area contributed by atoms with Crippen LogP contribution in [0.1, 0.15) is 0 Å². The molecule has 0 unspecified atom stereocenters. The molecule has 0 aliphatic carbocycles. The van der Waals surface area contributed by atoms with Crippen molar-refractivity contribution in [1.82, 2.24) is 4.57 Å². The van der Waals surface area contributed by atoms with Crippen molar-refractivity contribution in [1.29, 1.82) is 0 Å². The smallest absolute Gasteiger partial charge is 0.0547 e. The second kappa shape index (κ2) is 17.8. The highest BCUT2D eigenvalue weighted by molar-refractivity contribution is 6.11. The number of fused-ring (bicyclic) bond motifs is 3. The van der Waals surface area contributed by atoms with Crippen LogP contribution in [0, 0.1) is 0 Å². The van der Waals surface area contributed by atoms with Gasteiger partial charge in [0.1, 0.15) is 0 Å². The molecule has 11 aromatic carbocycles. The molecule has 0 spiro atoms. The number of para-hydroxylation sites is 2. The average Bonchev–Trinajstić information content (AvgIpc) is 3.76. The molecule has 0 radical (unpaired) electrons. The fourth-order valence-electron chi connectivity index (χ4n) is 9.85. The van der Waals surface area contributed by atoms with Crippen LogP contribution >= 0.6 is 0 Å². The zero-order valence-electron chi connectivity index (χ0n) is 37.5. The summed E-state index contributed by atoms with van der Waals surface area (Å²) in [6.07, 6.45) is 0. The second-order valence-electron chi connectivity index (χ2n) is 17.3. The summed E-state index contributed by atoms with van der Waals surface area (Å²) < 4.78 is 2.47. The van der Waals surface area contributed by atoms with Crippen LogP contribution in [0.25, 0.3) is 94.3 Å². The minimum atomic E-state index is 1.09. The van der Waals surface area contributed by atoms with Gasteiger partial charge in [0.25, 0.3) is 0 Å². The van der Waals surface area contributed by atoms with Crippen LogP contribution in [0.5, 0.6) is 0 Å². The van der Waals surface area contributed by atoms with Gasteiger partial charge in [-0.25, -0.2) is 0 Å². The molecule has 0 saturated carbocycles. The molecule has 0 saturated heterocycles. The Kier molecular flexibility index (Phi) is 10.6. The molecule has 12 rings (SSSR count). The molecule has 1 aromatic heterocycles. The Morgan fingerprint density at radius 3 is 1.22 bits per heavy atom. The van der Waals surface area contributed by atoms with Crippen molar-refractivity contribution >= 4 is 38.9 Å². The van der Waals surface area contributed by atoms with Gasteiger partial charge in [-0.3, -0.25) is 0 Å². The number of benzene rings is 11. The molecule has 0 atom stereocenters. The first kappa shape index (κ1) is 40.5. The number of anilines is 3. The van der Waals surface area contributed by atoms with E-state index in [4.69, 9.17) is 0 Å². The third-order valence-electron chi connectivity index (χ3n) is 13.2. The SMILES string of the molecule is c1ccc(-c2ccc(N(c3ccc(-c4ccccc4)cc3)c3ccccc3-c3ccc(-c4ccc5c6ccccc6n(-c6cc(-c7ccccc7)ccc6-c6ccccc6)c5c4)cc3)cc2)cc1. The van der Waals surface area contributed by atoms with Crippen molar-refractivity contribution in [3.63, 3.8) is 0 Å². The number of rotatable bonds is 10. The van der Waals surface area contributed by atoms with Crippen LogP contribution in [0.4, 0.5) is 17.1 Å². The first-order valence-corrected chi connectivity index (χ1v) is 23.3. The van der Waals surface area contributed by atoms with E-state index < -0.39 is 0 Å². The lowest BCUT2D eigenvalue weighted by Crippen LogP contribution is -2.11. The Bertz CT molecular complexity index is 3590. The molecule has 1 heterocycles. The highest BCUT2D eigenvalue weighted by atomic mass is 15.1. The van der Waals surface area contributed by atoms with E-state index in [1.54, 1.807) is 0 Å². The maximum Gasteiger partial charge on any atom is 0.0547 e. The van der Waals surface area contributed by atoms with Crippen molar-refractivity contribution in [2.75, 3.05) is 4.90 Å². The van der Waals surface area contributed by atoms with Crippen molar-refractivity contribution in [3.8, 4) is 72.4 Å². The number of hydrogen-bond donors (Lipinski definition) is 0. The summed E-state index contributed by atoms with van der Waals surface area (Å²) in [6, 6.07) is 101. The van der Waals surface area contributed by atoms with Gasteiger partial charge in [-0.15, -0.1) is 0 Å². The Morgan fingerprint density at radius 1 is 0.235 bits per heavy atom. The van der Waals surface area contributed by atoms with Crippen LogP contribution in [0.2, 0.25) is 0 Å². The molecular formula is C66H46N2. The lowest BCUT2D eigenvalue weighted by Gasteiger charge is -2.28. The summed E-state index contributed by atoms with van der Waals surface area (Å²) in [5.41, 5.74) is 21.0. The normalized spacial score (nSPS) is 11.2. The van der Waals surface area contributed by atoms with Gasteiger partial charge in [0, 0.05) is 33.3 Å². The quantitative estimate of drug-likeness (QED) is 0.133. The van der Waals surface area contributed by atoms with Crippen LogP contribution in [-0.4, -0.2) is 4.57 Å². The van der Waals surface area contributed by atoms with Crippen molar-refractivity contribution < 1.29 is 0 Å². The van der Waals surface area contributed by atoms with E-state index in [0.29, 0.717) is 0 Å². The van der Waals surface area contributed by atoms with Crippen molar-refractivity contribution in [2.45, 2.75) is 0 Å². The van der Waals surface area contributed by atoms with Crippen LogP contribution in [-0.2, 0) is 0 Å². The largest absolute Gasteiger partial charge is 0.310 e. The Labute approximate surface area is 397 Å². The van der Waals surface area contributed by atoms with E-state index >= 15 is 0 Å². The van der Waals surface area contributed by atoms with Crippen LogP contribution in [0.15, 0.2) is 279 Å². The van der Waals surface area contributed by atoms with E-state index in [9.17, 15) is 0 Å². The highest BCUT2D eigenvalue weighted by Gasteiger charge is 2.20. The van der Waals surface area contributed by atoms with E-state index in [1.165, 1.54) is 71.9 Å². The third-order valence-corrected chi connectivity index (χ3v) is 13.2. The van der Waals surface area contributed by atoms with E-state index in [0.717, 1.165) is 39.4 Å². The highest BCUT2D eigenvalue weighted by Crippen LogP contribution is 2.44. The summed E-state index contributed by atoms with van der Waals surface area (Å²) in [6.45, 7) is 0. The summed E-state index contributed by atoms with van der Waals surface area (Å²) in [5.74, 6) is 0. The fourth-order valence-corrected chi connectivity index (χ4v) is 9.85. The molecular weight excluding hydrogens is 821 g/mol. The molecule has 68 heavy (non-hydrogen) atoms. The molecule has 0 aliphatic heterocycles. The molecule has 2 heteroatoms. The number of nitrogens with zero attached hydrogens (tertiary/aromatic N) is 2. The Balaban J connectivity index is 0.953. The minimum absolute atomic E-state index is 1.09. The van der Waals surface area contributed by atoms with Gasteiger partial charge in [-0.05, 0) is 104 Å². The summed E-state index contributed by atoms with van der Waals surface area (Å²) in [4.78, 5) is 2.38. The van der Waals surface area contributed by atoms with Crippen molar-refractivity contribution in [3.05, 3.63) is 279 Å². The molecule has 0 N–H and O–H groups in total. The van der Waals surface area contributed by atoms with Gasteiger partial charge in [-0.2, -0.15) is 0 Å². The number of hydrogen-bond acceptors (Lipinski definition) is 1. The molecule has 2 nitrogen and oxygen atoms in total. The van der Waals surface area contributed by atoms with Gasteiger partial charge in [0.05, 0.1) is 22.4 Å². The molecule has 320 valence electrons. The standard InChI is InChI=1S/C66H46N2/c1-5-17-47(18-6-1)50-33-39-57(40-34-50)67(58-41-35-51(36-42-58)48-19-7-2-8-20-48)63-27-15-13-25-59(63)54-31-29-52(30-32-54)56-38-44-62-61-26-14-16-28-64(61)68(66(62)46-56)65-45-55(49-21-9-3-10-22-49)37-43-60(65)53-23-11-4-12-24-53/h1-46H. The van der Waals surface area contributed by atoms with Gasteiger partial charge in [0.2, 0.25) is 0 Å². The predicted octanol–water partition coefficient (Wildman–Crippen LogP) is 18.3. The molecule has 0 amide bonds.